The third-order valence-electron chi connectivity index (χ3n) is 6.68. The van der Waals surface area contributed by atoms with Gasteiger partial charge in [0.15, 0.2) is 22.9 Å². The quantitative estimate of drug-likeness (QED) is 0.600. The van der Waals surface area contributed by atoms with Crippen LogP contribution in [0.4, 0.5) is 0 Å². The van der Waals surface area contributed by atoms with E-state index < -0.39 is 17.4 Å². The molecule has 1 fully saturated rings. The second kappa shape index (κ2) is 6.46. The van der Waals surface area contributed by atoms with Gasteiger partial charge in [0, 0.05) is 41.0 Å². The normalized spacial score (nSPS) is 25.3. The number of rotatable bonds is 3. The first-order valence-corrected chi connectivity index (χ1v) is 9.91. The molecule has 1 heterocycles. The highest BCUT2D eigenvalue weighted by atomic mass is 16.2. The zero-order valence-corrected chi connectivity index (χ0v) is 16.1. The van der Waals surface area contributed by atoms with Crippen molar-refractivity contribution in [3.05, 3.63) is 95.6 Å². The molecule has 0 amide bonds. The molecule has 2 aromatic carbocycles. The average molecular weight is 383 g/mol. The summed E-state index contributed by atoms with van der Waals surface area (Å²) in [4.78, 5) is 42.7. The first kappa shape index (κ1) is 18.0. The maximum Gasteiger partial charge on any atom is 0.192 e. The number of hydrogen-bond donors (Lipinski definition) is 0. The lowest BCUT2D eigenvalue weighted by atomic mass is 9.68. The summed E-state index contributed by atoms with van der Waals surface area (Å²) in [5, 5.41) is 0. The Balaban J connectivity index is 1.67. The second-order valence-corrected chi connectivity index (χ2v) is 8.06. The lowest BCUT2D eigenvalue weighted by Gasteiger charge is -2.36. The number of nitrogens with zero attached hydrogens (tertiary/aromatic N) is 1. The van der Waals surface area contributed by atoms with E-state index in [1.54, 1.807) is 43.4 Å². The number of benzene rings is 2. The van der Waals surface area contributed by atoms with Gasteiger partial charge < -0.3 is 0 Å². The molecule has 5 rings (SSSR count). The molecule has 2 aromatic rings. The number of carbonyl (C=O) groups excluding carboxylic acids is 3. The van der Waals surface area contributed by atoms with Gasteiger partial charge in [-0.15, -0.1) is 0 Å². The molecular formula is C25H21NO3. The van der Waals surface area contributed by atoms with Crippen molar-refractivity contribution in [2.45, 2.75) is 5.54 Å². The summed E-state index contributed by atoms with van der Waals surface area (Å²) >= 11 is 0. The van der Waals surface area contributed by atoms with Gasteiger partial charge in [-0.05, 0) is 7.05 Å². The van der Waals surface area contributed by atoms with Gasteiger partial charge in [0.25, 0.3) is 0 Å². The van der Waals surface area contributed by atoms with E-state index in [-0.39, 0.29) is 23.3 Å². The molecule has 0 radical (unpaired) electrons. The Kier molecular flexibility index (Phi) is 4.00. The number of hydrogen-bond acceptors (Lipinski definition) is 4. The van der Waals surface area contributed by atoms with Gasteiger partial charge in [0.2, 0.25) is 0 Å². The van der Waals surface area contributed by atoms with Gasteiger partial charge in [0.05, 0.1) is 0 Å². The Labute approximate surface area is 169 Å². The lowest BCUT2D eigenvalue weighted by molar-refractivity contribution is 0.0524. The van der Waals surface area contributed by atoms with E-state index in [1.165, 1.54) is 0 Å². The SMILES string of the molecule is CN1C[C@@H](C(=O)c2ccccc2)[C@H](C2C=CC=C2)C12C(=O)c1ccccc1C2=O. The number of likely N-dealkylation sites (N-methyl/N-ethyl adjacent to an activating group) is 1. The van der Waals surface area contributed by atoms with Crippen molar-refractivity contribution in [1.82, 2.24) is 4.90 Å². The molecule has 3 aliphatic rings. The number of fused-ring (bicyclic) bond motifs is 1. The van der Waals surface area contributed by atoms with E-state index in [1.807, 2.05) is 47.4 Å². The van der Waals surface area contributed by atoms with Crippen LogP contribution in [0.5, 0.6) is 0 Å². The Bertz CT molecular complexity index is 1040. The Morgan fingerprint density at radius 3 is 2.03 bits per heavy atom. The van der Waals surface area contributed by atoms with Crippen molar-refractivity contribution in [3.63, 3.8) is 0 Å². The maximum atomic E-state index is 13.7. The summed E-state index contributed by atoms with van der Waals surface area (Å²) in [6.07, 6.45) is 7.86. The summed E-state index contributed by atoms with van der Waals surface area (Å²) in [5.74, 6) is -1.39. The first-order chi connectivity index (χ1) is 14.1. The summed E-state index contributed by atoms with van der Waals surface area (Å²) in [7, 11) is 1.80. The molecule has 2 aliphatic carbocycles. The average Bonchev–Trinajstić information content (AvgIpc) is 3.43. The van der Waals surface area contributed by atoms with E-state index in [2.05, 4.69) is 0 Å². The van der Waals surface area contributed by atoms with E-state index in [4.69, 9.17) is 0 Å². The van der Waals surface area contributed by atoms with Crippen molar-refractivity contribution < 1.29 is 14.4 Å². The number of carbonyl (C=O) groups is 3. The van der Waals surface area contributed by atoms with Crippen LogP contribution in [-0.4, -0.2) is 41.4 Å². The predicted octanol–water partition coefficient (Wildman–Crippen LogP) is 3.61. The molecule has 4 nitrogen and oxygen atoms in total. The summed E-state index contributed by atoms with van der Waals surface area (Å²) in [5.41, 5.74) is 0.221. The maximum absolute atomic E-state index is 13.7. The minimum atomic E-state index is -1.33. The lowest BCUT2D eigenvalue weighted by Crippen LogP contribution is -2.57. The fourth-order valence-electron chi connectivity index (χ4n) is 5.44. The number of allylic oxidation sites excluding steroid dienone is 4. The highest BCUT2D eigenvalue weighted by molar-refractivity contribution is 6.33. The topological polar surface area (TPSA) is 54.5 Å². The fourth-order valence-corrected chi connectivity index (χ4v) is 5.44. The summed E-state index contributed by atoms with van der Waals surface area (Å²) in [6, 6.07) is 16.2. The monoisotopic (exact) mass is 383 g/mol. The Hall–Kier alpha value is -3.11. The number of Topliss-reactive ketones (excluding diaryl/α,β-unsaturated/α-hetero) is 3. The third kappa shape index (κ3) is 2.33. The van der Waals surface area contributed by atoms with Gasteiger partial charge in [-0.3, -0.25) is 19.3 Å². The van der Waals surface area contributed by atoms with Crippen LogP contribution in [0.15, 0.2) is 78.9 Å². The molecule has 0 aromatic heterocycles. The van der Waals surface area contributed by atoms with Crippen LogP contribution in [0.25, 0.3) is 0 Å². The molecule has 2 atom stereocenters. The van der Waals surface area contributed by atoms with E-state index >= 15 is 0 Å². The second-order valence-electron chi connectivity index (χ2n) is 8.06. The molecule has 0 saturated carbocycles. The smallest absolute Gasteiger partial charge is 0.192 e. The summed E-state index contributed by atoms with van der Waals surface area (Å²) in [6.45, 7) is 0.377. The highest BCUT2D eigenvalue weighted by Gasteiger charge is 2.67. The zero-order valence-electron chi connectivity index (χ0n) is 16.1. The van der Waals surface area contributed by atoms with Crippen molar-refractivity contribution in [1.29, 1.82) is 0 Å². The fraction of sp³-hybridized carbons (Fsp3) is 0.240. The van der Waals surface area contributed by atoms with Gasteiger partial charge in [0.1, 0.15) is 0 Å². The minimum Gasteiger partial charge on any atom is -0.294 e. The predicted molar refractivity (Wildman–Crippen MR) is 110 cm³/mol. The van der Waals surface area contributed by atoms with Gasteiger partial charge in [-0.1, -0.05) is 78.9 Å². The molecule has 1 spiro atoms. The van der Waals surface area contributed by atoms with Gasteiger partial charge in [-0.2, -0.15) is 0 Å². The third-order valence-corrected chi connectivity index (χ3v) is 6.68. The van der Waals surface area contributed by atoms with E-state index in [0.717, 1.165) is 0 Å². The molecular weight excluding hydrogens is 362 g/mol. The Morgan fingerprint density at radius 2 is 1.45 bits per heavy atom. The molecule has 4 heteroatoms. The van der Waals surface area contributed by atoms with Crippen molar-refractivity contribution in [2.75, 3.05) is 13.6 Å². The van der Waals surface area contributed by atoms with Crippen LogP contribution < -0.4 is 0 Å². The van der Waals surface area contributed by atoms with Gasteiger partial charge in [-0.25, -0.2) is 0 Å². The molecule has 29 heavy (non-hydrogen) atoms. The standard InChI is InChI=1S/C25H21NO3/c1-26-15-20(22(27)17-11-3-2-4-12-17)21(16-9-5-6-10-16)25(26)23(28)18-13-7-8-14-19(18)24(25)29/h2-14,16,20-21H,15H2,1H3/t20-,21+/m1/s1. The van der Waals surface area contributed by atoms with Gasteiger partial charge >= 0.3 is 0 Å². The van der Waals surface area contributed by atoms with Crippen molar-refractivity contribution >= 4 is 17.3 Å². The molecule has 1 aliphatic heterocycles. The largest absolute Gasteiger partial charge is 0.294 e. The van der Waals surface area contributed by atoms with Crippen LogP contribution >= 0.6 is 0 Å². The van der Waals surface area contributed by atoms with E-state index in [9.17, 15) is 14.4 Å². The molecule has 0 bridgehead atoms. The first-order valence-electron chi connectivity index (χ1n) is 9.91. The Morgan fingerprint density at radius 1 is 0.897 bits per heavy atom. The number of likely N-dealkylation sites (tertiary alicyclic amines) is 1. The minimum absolute atomic E-state index is 0.00965. The molecule has 1 saturated heterocycles. The zero-order chi connectivity index (χ0) is 20.2. The van der Waals surface area contributed by atoms with E-state index in [0.29, 0.717) is 23.2 Å². The van der Waals surface area contributed by atoms with Crippen molar-refractivity contribution in [3.8, 4) is 0 Å². The van der Waals surface area contributed by atoms with Crippen LogP contribution in [0.3, 0.4) is 0 Å². The van der Waals surface area contributed by atoms with Crippen LogP contribution in [0.2, 0.25) is 0 Å². The van der Waals surface area contributed by atoms with Crippen LogP contribution in [-0.2, 0) is 0 Å². The summed E-state index contributed by atoms with van der Waals surface area (Å²) < 4.78 is 0. The highest BCUT2D eigenvalue weighted by Crippen LogP contribution is 2.51. The molecule has 0 N–H and O–H groups in total. The number of ketones is 3. The van der Waals surface area contributed by atoms with Crippen LogP contribution in [0, 0.1) is 17.8 Å². The van der Waals surface area contributed by atoms with Crippen molar-refractivity contribution in [2.24, 2.45) is 17.8 Å². The molecule has 144 valence electrons. The molecule has 0 unspecified atom stereocenters. The van der Waals surface area contributed by atoms with Crippen LogP contribution in [0.1, 0.15) is 31.1 Å².